The van der Waals surface area contributed by atoms with E-state index in [-0.39, 0.29) is 0 Å². The highest BCUT2D eigenvalue weighted by Crippen LogP contribution is 2.22. The van der Waals surface area contributed by atoms with Crippen LogP contribution in [0, 0.1) is 17.1 Å². The van der Waals surface area contributed by atoms with Gasteiger partial charge in [0.2, 0.25) is 0 Å². The molecule has 20 heavy (non-hydrogen) atoms. The van der Waals surface area contributed by atoms with Crippen LogP contribution in [-0.4, -0.2) is 14.6 Å². The van der Waals surface area contributed by atoms with Crippen molar-refractivity contribution in [2.45, 2.75) is 10.9 Å². The Balaban J connectivity index is 1.83. The zero-order chi connectivity index (χ0) is 13.9. The van der Waals surface area contributed by atoms with Crippen LogP contribution in [0.3, 0.4) is 0 Å². The van der Waals surface area contributed by atoms with Crippen LogP contribution in [0.1, 0.15) is 11.1 Å². The number of nitrogens with zero attached hydrogens (tertiary/aromatic N) is 4. The van der Waals surface area contributed by atoms with E-state index in [9.17, 15) is 4.39 Å². The molecule has 0 bridgehead atoms. The molecule has 2 aromatic heterocycles. The van der Waals surface area contributed by atoms with Crippen LogP contribution in [0.2, 0.25) is 0 Å². The predicted molar refractivity (Wildman–Crippen MR) is 73.7 cm³/mol. The molecule has 0 saturated carbocycles. The first-order chi connectivity index (χ1) is 9.76. The van der Waals surface area contributed by atoms with Gasteiger partial charge in [-0.2, -0.15) is 5.26 Å². The van der Waals surface area contributed by atoms with Gasteiger partial charge in [0.05, 0.1) is 11.6 Å². The highest BCUT2D eigenvalue weighted by molar-refractivity contribution is 7.98. The van der Waals surface area contributed by atoms with Gasteiger partial charge in [0, 0.05) is 11.9 Å². The van der Waals surface area contributed by atoms with E-state index in [1.165, 1.54) is 23.9 Å². The summed E-state index contributed by atoms with van der Waals surface area (Å²) in [5, 5.41) is 17.7. The second kappa shape index (κ2) is 5.31. The van der Waals surface area contributed by atoms with E-state index in [1.807, 2.05) is 34.9 Å². The van der Waals surface area contributed by atoms with Crippen LogP contribution in [-0.2, 0) is 5.75 Å². The van der Waals surface area contributed by atoms with Gasteiger partial charge in [-0.15, -0.1) is 10.2 Å². The second-order valence-electron chi connectivity index (χ2n) is 4.16. The molecule has 0 aliphatic rings. The molecule has 6 heteroatoms. The molecule has 0 radical (unpaired) electrons. The van der Waals surface area contributed by atoms with Crippen molar-refractivity contribution in [3.05, 3.63) is 59.5 Å². The van der Waals surface area contributed by atoms with Crippen LogP contribution >= 0.6 is 11.8 Å². The molecule has 0 saturated heterocycles. The van der Waals surface area contributed by atoms with Crippen molar-refractivity contribution in [1.82, 2.24) is 14.6 Å². The molecule has 0 fully saturated rings. The Morgan fingerprint density at radius 2 is 2.15 bits per heavy atom. The van der Waals surface area contributed by atoms with Crippen molar-refractivity contribution >= 4 is 17.4 Å². The van der Waals surface area contributed by atoms with Gasteiger partial charge in [0.25, 0.3) is 0 Å². The lowest BCUT2D eigenvalue weighted by Gasteiger charge is -2.02. The standard InChI is InChI=1S/C14H9FN4S/c15-12-6-10(8-16)5-11(7-12)9-20-14-18-17-13-3-1-2-4-19(13)14/h1-7H,9H2. The Morgan fingerprint density at radius 3 is 3.00 bits per heavy atom. The molecule has 1 aromatic carbocycles. The van der Waals surface area contributed by atoms with Crippen molar-refractivity contribution in [1.29, 1.82) is 5.26 Å². The van der Waals surface area contributed by atoms with E-state index in [0.717, 1.165) is 16.4 Å². The SMILES string of the molecule is N#Cc1cc(F)cc(CSc2nnc3ccccn23)c1. The molecule has 3 aromatic rings. The summed E-state index contributed by atoms with van der Waals surface area (Å²) in [6, 6.07) is 11.9. The molecule has 0 aliphatic carbocycles. The number of thioether (sulfide) groups is 1. The first-order valence-electron chi connectivity index (χ1n) is 5.88. The number of hydrogen-bond acceptors (Lipinski definition) is 4. The van der Waals surface area contributed by atoms with Gasteiger partial charge in [-0.3, -0.25) is 4.40 Å². The Bertz CT molecular complexity index is 806. The number of aromatic nitrogens is 3. The highest BCUT2D eigenvalue weighted by Gasteiger charge is 2.07. The molecule has 2 heterocycles. The number of benzene rings is 1. The van der Waals surface area contributed by atoms with Crippen LogP contribution in [0.25, 0.3) is 5.65 Å². The molecule has 0 unspecified atom stereocenters. The van der Waals surface area contributed by atoms with Crippen molar-refractivity contribution < 1.29 is 4.39 Å². The third-order valence-electron chi connectivity index (χ3n) is 2.74. The summed E-state index contributed by atoms with van der Waals surface area (Å²) in [5.74, 6) is 0.132. The average Bonchev–Trinajstić information content (AvgIpc) is 2.88. The fourth-order valence-corrected chi connectivity index (χ4v) is 2.72. The van der Waals surface area contributed by atoms with E-state index in [4.69, 9.17) is 5.26 Å². The number of pyridine rings is 1. The molecule has 4 nitrogen and oxygen atoms in total. The molecule has 0 atom stereocenters. The lowest BCUT2D eigenvalue weighted by Crippen LogP contribution is -1.89. The van der Waals surface area contributed by atoms with Crippen LogP contribution in [0.15, 0.2) is 47.8 Å². The Labute approximate surface area is 118 Å². The molecule has 0 aliphatic heterocycles. The third-order valence-corrected chi connectivity index (χ3v) is 3.75. The molecule has 98 valence electrons. The Kier molecular flexibility index (Phi) is 3.35. The third kappa shape index (κ3) is 2.49. The summed E-state index contributed by atoms with van der Waals surface area (Å²) in [4.78, 5) is 0. The zero-order valence-corrected chi connectivity index (χ0v) is 11.1. The van der Waals surface area contributed by atoms with Crippen LogP contribution in [0.5, 0.6) is 0 Å². The Hall–Kier alpha value is -2.39. The summed E-state index contributed by atoms with van der Waals surface area (Å²) < 4.78 is 15.2. The first kappa shape index (κ1) is 12.6. The van der Waals surface area contributed by atoms with E-state index in [1.54, 1.807) is 6.07 Å². The van der Waals surface area contributed by atoms with Crippen molar-refractivity contribution in [2.75, 3.05) is 0 Å². The topological polar surface area (TPSA) is 54.0 Å². The van der Waals surface area contributed by atoms with E-state index < -0.39 is 5.82 Å². The number of hydrogen-bond donors (Lipinski definition) is 0. The maximum absolute atomic E-state index is 13.3. The molecular formula is C14H9FN4S. The summed E-state index contributed by atoms with van der Waals surface area (Å²) in [5.41, 5.74) is 1.85. The van der Waals surface area contributed by atoms with Gasteiger partial charge in [-0.1, -0.05) is 17.8 Å². The molecule has 3 rings (SSSR count). The molecular weight excluding hydrogens is 275 g/mol. The minimum Gasteiger partial charge on any atom is -0.277 e. The van der Waals surface area contributed by atoms with Crippen molar-refractivity contribution in [2.24, 2.45) is 0 Å². The largest absolute Gasteiger partial charge is 0.277 e. The fourth-order valence-electron chi connectivity index (χ4n) is 1.86. The molecule has 0 N–H and O–H groups in total. The maximum Gasteiger partial charge on any atom is 0.195 e. The predicted octanol–water partition coefficient (Wildman–Crippen LogP) is 3.03. The van der Waals surface area contributed by atoms with Gasteiger partial charge >= 0.3 is 0 Å². The van der Waals surface area contributed by atoms with E-state index >= 15 is 0 Å². The quantitative estimate of drug-likeness (QED) is 0.694. The smallest absolute Gasteiger partial charge is 0.195 e. The summed E-state index contributed by atoms with van der Waals surface area (Å²) in [6.07, 6.45) is 1.88. The minimum atomic E-state index is -0.397. The summed E-state index contributed by atoms with van der Waals surface area (Å²) in [6.45, 7) is 0. The normalized spacial score (nSPS) is 10.6. The van der Waals surface area contributed by atoms with Crippen LogP contribution < -0.4 is 0 Å². The Morgan fingerprint density at radius 1 is 1.25 bits per heavy atom. The fraction of sp³-hybridized carbons (Fsp3) is 0.0714. The number of halogens is 1. The lowest BCUT2D eigenvalue weighted by molar-refractivity contribution is 0.626. The van der Waals surface area contributed by atoms with Crippen molar-refractivity contribution in [3.63, 3.8) is 0 Å². The van der Waals surface area contributed by atoms with Crippen molar-refractivity contribution in [3.8, 4) is 6.07 Å². The number of nitriles is 1. The number of fused-ring (bicyclic) bond motifs is 1. The van der Waals surface area contributed by atoms with E-state index in [0.29, 0.717) is 11.3 Å². The van der Waals surface area contributed by atoms with Gasteiger partial charge < -0.3 is 0 Å². The maximum atomic E-state index is 13.3. The van der Waals surface area contributed by atoms with Gasteiger partial charge in [-0.05, 0) is 35.9 Å². The van der Waals surface area contributed by atoms with Gasteiger partial charge in [0.1, 0.15) is 5.82 Å². The summed E-state index contributed by atoms with van der Waals surface area (Å²) >= 11 is 1.45. The molecule has 0 spiro atoms. The average molecular weight is 284 g/mol. The second-order valence-corrected chi connectivity index (χ2v) is 5.10. The van der Waals surface area contributed by atoms with Gasteiger partial charge in [-0.25, -0.2) is 4.39 Å². The lowest BCUT2D eigenvalue weighted by atomic mass is 10.1. The summed E-state index contributed by atoms with van der Waals surface area (Å²) in [7, 11) is 0. The van der Waals surface area contributed by atoms with Gasteiger partial charge in [0.15, 0.2) is 10.8 Å². The molecule has 0 amide bonds. The highest BCUT2D eigenvalue weighted by atomic mass is 32.2. The van der Waals surface area contributed by atoms with Crippen LogP contribution in [0.4, 0.5) is 4.39 Å². The minimum absolute atomic E-state index is 0.326. The van der Waals surface area contributed by atoms with E-state index in [2.05, 4.69) is 10.2 Å². The zero-order valence-electron chi connectivity index (χ0n) is 10.3. The first-order valence-corrected chi connectivity index (χ1v) is 6.87. The monoisotopic (exact) mass is 284 g/mol. The number of rotatable bonds is 3.